The summed E-state index contributed by atoms with van der Waals surface area (Å²) >= 11 is 0. The summed E-state index contributed by atoms with van der Waals surface area (Å²) in [7, 11) is 0. The molecule has 0 saturated heterocycles. The van der Waals surface area contributed by atoms with Crippen LogP contribution in [0.2, 0.25) is 0 Å². The van der Waals surface area contributed by atoms with Crippen LogP contribution in [0.1, 0.15) is 19.6 Å². The van der Waals surface area contributed by atoms with Crippen molar-refractivity contribution in [3.05, 3.63) is 23.5 Å². The molecule has 0 atom stereocenters. The fourth-order valence-electron chi connectivity index (χ4n) is 0.894. The van der Waals surface area contributed by atoms with E-state index in [9.17, 15) is 0 Å². The van der Waals surface area contributed by atoms with Crippen LogP contribution in [0.5, 0.6) is 0 Å². The van der Waals surface area contributed by atoms with Gasteiger partial charge >= 0.3 is 0 Å². The van der Waals surface area contributed by atoms with E-state index in [4.69, 9.17) is 11.1 Å². The highest BCUT2D eigenvalue weighted by molar-refractivity contribution is 6.00. The molecule has 0 aliphatic rings. The zero-order valence-corrected chi connectivity index (χ0v) is 6.68. The average molecular weight is 151 g/mol. The molecule has 11 heavy (non-hydrogen) atoms. The lowest BCUT2D eigenvalue weighted by atomic mass is 10.1. The number of aromatic nitrogens is 1. The summed E-state index contributed by atoms with van der Waals surface area (Å²) < 4.78 is 0. The maximum Gasteiger partial charge on any atom is 0.0439 e. The molecule has 1 heterocycles. The van der Waals surface area contributed by atoms with Gasteiger partial charge in [-0.3, -0.25) is 4.98 Å². The molecule has 0 fully saturated rings. The standard InChI is InChI=1S/C8H11N3.H2/c1-5-3-8(10)7(4-11-5)6(2)9;/h3-4,9H,1-2H3,(H2,10,11);1H. The fraction of sp³-hybridized carbons (Fsp3) is 0.250. The average Bonchev–Trinajstić information content (AvgIpc) is 1.85. The number of nitrogens with one attached hydrogen (secondary N) is 1. The van der Waals surface area contributed by atoms with E-state index in [2.05, 4.69) is 4.98 Å². The molecule has 1 aromatic heterocycles. The van der Waals surface area contributed by atoms with Gasteiger partial charge in [-0.15, -0.1) is 0 Å². The minimum absolute atomic E-state index is 0. The Balaban J connectivity index is 0.00000121. The van der Waals surface area contributed by atoms with Gasteiger partial charge in [0.25, 0.3) is 0 Å². The normalized spacial score (nSPS) is 9.64. The topological polar surface area (TPSA) is 62.8 Å². The van der Waals surface area contributed by atoms with Gasteiger partial charge in [0, 0.05) is 30.3 Å². The van der Waals surface area contributed by atoms with Gasteiger partial charge in [0.1, 0.15) is 0 Å². The molecular formula is C8H13N3. The summed E-state index contributed by atoms with van der Waals surface area (Å²) in [5.74, 6) is 0. The molecule has 0 aromatic carbocycles. The van der Waals surface area contributed by atoms with Gasteiger partial charge in [0.05, 0.1) is 0 Å². The number of nitrogens with zero attached hydrogens (tertiary/aromatic N) is 1. The molecule has 3 heteroatoms. The van der Waals surface area contributed by atoms with E-state index < -0.39 is 0 Å². The van der Waals surface area contributed by atoms with E-state index >= 15 is 0 Å². The van der Waals surface area contributed by atoms with Crippen LogP contribution < -0.4 is 5.73 Å². The number of hydrogen-bond donors (Lipinski definition) is 2. The Labute approximate surface area is 67.3 Å². The van der Waals surface area contributed by atoms with E-state index in [-0.39, 0.29) is 1.43 Å². The van der Waals surface area contributed by atoms with Crippen molar-refractivity contribution in [2.24, 2.45) is 0 Å². The number of hydrogen-bond acceptors (Lipinski definition) is 3. The predicted octanol–water partition coefficient (Wildman–Crippen LogP) is 1.61. The van der Waals surface area contributed by atoms with Gasteiger partial charge in [-0.05, 0) is 19.9 Å². The number of anilines is 1. The highest BCUT2D eigenvalue weighted by atomic mass is 14.7. The van der Waals surface area contributed by atoms with Crippen LogP contribution in [-0.4, -0.2) is 10.7 Å². The molecule has 1 aromatic rings. The fourth-order valence-corrected chi connectivity index (χ4v) is 0.894. The molecular weight excluding hydrogens is 138 g/mol. The first kappa shape index (κ1) is 7.72. The number of aryl methyl sites for hydroxylation is 1. The van der Waals surface area contributed by atoms with Crippen LogP contribution >= 0.6 is 0 Å². The lowest BCUT2D eigenvalue weighted by molar-refractivity contribution is 1.19. The summed E-state index contributed by atoms with van der Waals surface area (Å²) in [6.45, 7) is 3.57. The quantitative estimate of drug-likeness (QED) is 0.599. The van der Waals surface area contributed by atoms with Crippen LogP contribution in [-0.2, 0) is 0 Å². The van der Waals surface area contributed by atoms with Gasteiger partial charge in [-0.2, -0.15) is 0 Å². The lowest BCUT2D eigenvalue weighted by Gasteiger charge is -2.02. The maximum absolute atomic E-state index is 7.33. The largest absolute Gasteiger partial charge is 0.398 e. The van der Waals surface area contributed by atoms with Gasteiger partial charge in [-0.25, -0.2) is 0 Å². The molecule has 0 amide bonds. The van der Waals surface area contributed by atoms with E-state index in [1.807, 2.05) is 6.92 Å². The molecule has 1 rings (SSSR count). The van der Waals surface area contributed by atoms with Gasteiger partial charge in [0.15, 0.2) is 0 Å². The third-order valence-electron chi connectivity index (χ3n) is 1.48. The number of nitrogens with two attached hydrogens (primary N) is 1. The summed E-state index contributed by atoms with van der Waals surface area (Å²) in [5, 5.41) is 7.33. The summed E-state index contributed by atoms with van der Waals surface area (Å²) in [6.07, 6.45) is 1.63. The summed E-state index contributed by atoms with van der Waals surface area (Å²) in [4.78, 5) is 4.04. The van der Waals surface area contributed by atoms with Gasteiger partial charge in [0.2, 0.25) is 0 Å². The van der Waals surface area contributed by atoms with Crippen LogP contribution in [0.25, 0.3) is 0 Å². The Morgan fingerprint density at radius 2 is 2.36 bits per heavy atom. The predicted molar refractivity (Wildman–Crippen MR) is 48.0 cm³/mol. The van der Waals surface area contributed by atoms with E-state index in [0.717, 1.165) is 11.3 Å². The van der Waals surface area contributed by atoms with Crippen molar-refractivity contribution in [1.29, 1.82) is 5.41 Å². The van der Waals surface area contributed by atoms with Crippen molar-refractivity contribution in [1.82, 2.24) is 4.98 Å². The summed E-state index contributed by atoms with van der Waals surface area (Å²) in [5.41, 5.74) is 8.32. The lowest BCUT2D eigenvalue weighted by Crippen LogP contribution is -2.01. The van der Waals surface area contributed by atoms with Crippen molar-refractivity contribution in [3.8, 4) is 0 Å². The third-order valence-corrected chi connectivity index (χ3v) is 1.48. The molecule has 0 aliphatic carbocycles. The SMILES string of the molecule is CC(=N)c1cnc(C)cc1N.[HH]. The van der Waals surface area contributed by atoms with Crippen molar-refractivity contribution in [2.45, 2.75) is 13.8 Å². The van der Waals surface area contributed by atoms with Crippen molar-refractivity contribution in [2.75, 3.05) is 5.73 Å². The van der Waals surface area contributed by atoms with E-state index in [0.29, 0.717) is 11.4 Å². The van der Waals surface area contributed by atoms with Crippen LogP contribution in [0, 0.1) is 12.3 Å². The second kappa shape index (κ2) is 2.70. The number of rotatable bonds is 1. The zero-order chi connectivity index (χ0) is 8.43. The first-order chi connectivity index (χ1) is 5.11. The van der Waals surface area contributed by atoms with Crippen molar-refractivity contribution in [3.63, 3.8) is 0 Å². The van der Waals surface area contributed by atoms with E-state index in [1.165, 1.54) is 0 Å². The minimum Gasteiger partial charge on any atom is -0.398 e. The zero-order valence-electron chi connectivity index (χ0n) is 6.68. The molecule has 60 valence electrons. The smallest absolute Gasteiger partial charge is 0.0439 e. The second-order valence-corrected chi connectivity index (χ2v) is 2.54. The second-order valence-electron chi connectivity index (χ2n) is 2.54. The highest BCUT2D eigenvalue weighted by Crippen LogP contribution is 2.11. The van der Waals surface area contributed by atoms with Crippen molar-refractivity contribution < 1.29 is 1.43 Å². The van der Waals surface area contributed by atoms with Crippen molar-refractivity contribution >= 4 is 11.4 Å². The van der Waals surface area contributed by atoms with Gasteiger partial charge in [-0.1, -0.05) is 0 Å². The Hall–Kier alpha value is -1.38. The molecule has 0 bridgehead atoms. The highest BCUT2D eigenvalue weighted by Gasteiger charge is 2.00. The monoisotopic (exact) mass is 151 g/mol. The first-order valence-electron chi connectivity index (χ1n) is 3.39. The van der Waals surface area contributed by atoms with Crippen LogP contribution in [0.4, 0.5) is 5.69 Å². The van der Waals surface area contributed by atoms with Crippen LogP contribution in [0.15, 0.2) is 12.3 Å². The Morgan fingerprint density at radius 3 is 2.82 bits per heavy atom. The minimum atomic E-state index is 0. The Kier molecular flexibility index (Phi) is 1.89. The van der Waals surface area contributed by atoms with Crippen LogP contribution in [0.3, 0.4) is 0 Å². The molecule has 0 radical (unpaired) electrons. The van der Waals surface area contributed by atoms with E-state index in [1.54, 1.807) is 19.2 Å². The molecule has 0 aliphatic heterocycles. The number of nitrogen functional groups attached to an aromatic ring is 1. The molecule has 3 N–H and O–H groups in total. The molecule has 3 nitrogen and oxygen atoms in total. The number of pyridine rings is 1. The third kappa shape index (κ3) is 1.55. The summed E-state index contributed by atoms with van der Waals surface area (Å²) in [6, 6.07) is 1.77. The Morgan fingerprint density at radius 1 is 1.73 bits per heavy atom. The molecule has 0 unspecified atom stereocenters. The Bertz CT molecular complexity index is 296. The van der Waals surface area contributed by atoms with Gasteiger partial charge < -0.3 is 11.1 Å². The molecule has 0 saturated carbocycles. The molecule has 0 spiro atoms. The maximum atomic E-state index is 7.33. The first-order valence-corrected chi connectivity index (χ1v) is 3.39.